The normalized spacial score (nSPS) is 14.4. The second-order valence-corrected chi connectivity index (χ2v) is 6.06. The number of unbranched alkanes of at least 4 members (excludes halogenated alkanes) is 3. The minimum Gasteiger partial charge on any atom is -0.356 e. The van der Waals surface area contributed by atoms with E-state index in [4.69, 9.17) is 0 Å². The first-order chi connectivity index (χ1) is 9.31. The van der Waals surface area contributed by atoms with E-state index in [9.17, 15) is 4.79 Å². The van der Waals surface area contributed by atoms with E-state index < -0.39 is 0 Å². The van der Waals surface area contributed by atoms with Gasteiger partial charge >= 0.3 is 0 Å². The molecule has 0 saturated heterocycles. The van der Waals surface area contributed by atoms with Gasteiger partial charge < -0.3 is 5.32 Å². The third-order valence-electron chi connectivity index (χ3n) is 3.78. The highest BCUT2D eigenvalue weighted by molar-refractivity contribution is 9.09. The number of fused-ring (bicyclic) bond motifs is 1. The van der Waals surface area contributed by atoms with Crippen LogP contribution in [0.2, 0.25) is 0 Å². The number of rotatable bonds is 7. The van der Waals surface area contributed by atoms with Crippen LogP contribution in [0.1, 0.15) is 36.8 Å². The maximum absolute atomic E-state index is 12.1. The number of amides is 1. The molecule has 19 heavy (non-hydrogen) atoms. The molecule has 2 rings (SSSR count). The van der Waals surface area contributed by atoms with Crippen LogP contribution in [0, 0.1) is 5.92 Å². The number of nitrogens with one attached hydrogen (secondary N) is 1. The first kappa shape index (κ1) is 14.6. The Morgan fingerprint density at radius 2 is 1.74 bits per heavy atom. The number of hydrogen-bond donors (Lipinski definition) is 1. The molecule has 0 spiro atoms. The van der Waals surface area contributed by atoms with Crippen LogP contribution in [-0.4, -0.2) is 17.8 Å². The van der Waals surface area contributed by atoms with E-state index in [2.05, 4.69) is 45.5 Å². The molecule has 0 bridgehead atoms. The maximum atomic E-state index is 12.1. The molecule has 0 aromatic heterocycles. The zero-order valence-corrected chi connectivity index (χ0v) is 12.9. The van der Waals surface area contributed by atoms with Gasteiger partial charge in [-0.2, -0.15) is 0 Å². The lowest BCUT2D eigenvalue weighted by atomic mass is 10.1. The second-order valence-electron chi connectivity index (χ2n) is 5.27. The van der Waals surface area contributed by atoms with Gasteiger partial charge in [-0.1, -0.05) is 53.0 Å². The molecule has 0 radical (unpaired) electrons. The van der Waals surface area contributed by atoms with Crippen molar-refractivity contribution in [3.63, 3.8) is 0 Å². The standard InChI is InChI=1S/C16H22BrNO/c17-9-5-1-2-6-10-18-16(19)15-11-13-7-3-4-8-14(13)12-15/h3-4,7-8,15H,1-2,5-6,9-12H2,(H,18,19). The fourth-order valence-corrected chi connectivity index (χ4v) is 3.07. The van der Waals surface area contributed by atoms with Gasteiger partial charge in [0.15, 0.2) is 0 Å². The van der Waals surface area contributed by atoms with E-state index in [1.165, 1.54) is 30.4 Å². The summed E-state index contributed by atoms with van der Waals surface area (Å²) in [7, 11) is 0. The van der Waals surface area contributed by atoms with Crippen molar-refractivity contribution in [3.8, 4) is 0 Å². The minimum absolute atomic E-state index is 0.153. The Labute approximate surface area is 124 Å². The van der Waals surface area contributed by atoms with E-state index in [-0.39, 0.29) is 11.8 Å². The Bertz CT molecular complexity index is 394. The van der Waals surface area contributed by atoms with Crippen molar-refractivity contribution < 1.29 is 4.79 Å². The highest BCUT2D eigenvalue weighted by atomic mass is 79.9. The van der Waals surface area contributed by atoms with Gasteiger partial charge in [-0.25, -0.2) is 0 Å². The van der Waals surface area contributed by atoms with Crippen LogP contribution in [0.25, 0.3) is 0 Å². The largest absolute Gasteiger partial charge is 0.356 e. The van der Waals surface area contributed by atoms with Crippen LogP contribution in [-0.2, 0) is 17.6 Å². The first-order valence-electron chi connectivity index (χ1n) is 7.21. The molecule has 1 aliphatic rings. The molecule has 0 aliphatic heterocycles. The molecule has 0 saturated carbocycles. The lowest BCUT2D eigenvalue weighted by Gasteiger charge is -2.10. The maximum Gasteiger partial charge on any atom is 0.223 e. The summed E-state index contributed by atoms with van der Waals surface area (Å²) >= 11 is 3.43. The van der Waals surface area contributed by atoms with E-state index in [1.807, 2.05) is 0 Å². The van der Waals surface area contributed by atoms with Gasteiger partial charge in [0.05, 0.1) is 0 Å². The molecule has 1 aliphatic carbocycles. The minimum atomic E-state index is 0.153. The predicted octanol–water partition coefficient (Wildman–Crippen LogP) is 3.47. The number of benzene rings is 1. The fourth-order valence-electron chi connectivity index (χ4n) is 2.67. The van der Waals surface area contributed by atoms with Gasteiger partial charge in [0.2, 0.25) is 5.91 Å². The van der Waals surface area contributed by atoms with E-state index in [0.29, 0.717) is 0 Å². The first-order valence-corrected chi connectivity index (χ1v) is 8.34. The van der Waals surface area contributed by atoms with Crippen molar-refractivity contribution in [3.05, 3.63) is 35.4 Å². The Morgan fingerprint density at radius 1 is 1.11 bits per heavy atom. The summed E-state index contributed by atoms with van der Waals surface area (Å²) in [6.45, 7) is 0.827. The lowest BCUT2D eigenvalue weighted by molar-refractivity contribution is -0.124. The summed E-state index contributed by atoms with van der Waals surface area (Å²) in [5.74, 6) is 0.386. The van der Waals surface area contributed by atoms with Crippen molar-refractivity contribution in [1.29, 1.82) is 0 Å². The van der Waals surface area contributed by atoms with E-state index >= 15 is 0 Å². The average molecular weight is 324 g/mol. The van der Waals surface area contributed by atoms with Crippen molar-refractivity contribution >= 4 is 21.8 Å². The van der Waals surface area contributed by atoms with Gasteiger partial charge in [-0.3, -0.25) is 4.79 Å². The smallest absolute Gasteiger partial charge is 0.223 e. The van der Waals surface area contributed by atoms with Gasteiger partial charge in [0.25, 0.3) is 0 Å². The van der Waals surface area contributed by atoms with Crippen LogP contribution < -0.4 is 5.32 Å². The third kappa shape index (κ3) is 4.34. The topological polar surface area (TPSA) is 29.1 Å². The molecule has 0 unspecified atom stereocenters. The Balaban J connectivity index is 1.66. The molecule has 0 atom stereocenters. The van der Waals surface area contributed by atoms with Crippen LogP contribution in [0.15, 0.2) is 24.3 Å². The summed E-state index contributed by atoms with van der Waals surface area (Å²) in [4.78, 5) is 12.1. The zero-order chi connectivity index (χ0) is 13.5. The predicted molar refractivity (Wildman–Crippen MR) is 82.6 cm³/mol. The fraction of sp³-hybridized carbons (Fsp3) is 0.562. The second kappa shape index (κ2) is 7.68. The van der Waals surface area contributed by atoms with Crippen LogP contribution in [0.4, 0.5) is 0 Å². The van der Waals surface area contributed by atoms with Crippen molar-refractivity contribution in [2.75, 3.05) is 11.9 Å². The number of hydrogen-bond acceptors (Lipinski definition) is 1. The highest BCUT2D eigenvalue weighted by Gasteiger charge is 2.26. The van der Waals surface area contributed by atoms with Gasteiger partial charge in [-0.05, 0) is 36.8 Å². The van der Waals surface area contributed by atoms with Crippen LogP contribution in [0.5, 0.6) is 0 Å². The molecule has 0 fully saturated rings. The molecule has 104 valence electrons. The number of alkyl halides is 1. The number of carbonyl (C=O) groups excluding carboxylic acids is 1. The quantitative estimate of drug-likeness (QED) is 0.604. The summed E-state index contributed by atoms with van der Waals surface area (Å²) in [6, 6.07) is 8.40. The SMILES string of the molecule is O=C(NCCCCCCBr)C1Cc2ccccc2C1. The summed E-state index contributed by atoms with van der Waals surface area (Å²) in [5.41, 5.74) is 2.69. The van der Waals surface area contributed by atoms with E-state index in [0.717, 1.165) is 31.1 Å². The van der Waals surface area contributed by atoms with E-state index in [1.54, 1.807) is 0 Å². The number of halogens is 1. The van der Waals surface area contributed by atoms with Crippen molar-refractivity contribution in [1.82, 2.24) is 5.32 Å². The molecule has 1 amide bonds. The van der Waals surface area contributed by atoms with Crippen molar-refractivity contribution in [2.24, 2.45) is 5.92 Å². The summed E-state index contributed by atoms with van der Waals surface area (Å²) in [5, 5.41) is 4.17. The third-order valence-corrected chi connectivity index (χ3v) is 4.34. The van der Waals surface area contributed by atoms with Gasteiger partial charge in [0, 0.05) is 17.8 Å². The van der Waals surface area contributed by atoms with Crippen molar-refractivity contribution in [2.45, 2.75) is 38.5 Å². The Hall–Kier alpha value is -0.830. The molecule has 1 aromatic rings. The Morgan fingerprint density at radius 3 is 2.37 bits per heavy atom. The lowest BCUT2D eigenvalue weighted by Crippen LogP contribution is -2.31. The summed E-state index contributed by atoms with van der Waals surface area (Å²) in [6.07, 6.45) is 6.59. The molecule has 2 nitrogen and oxygen atoms in total. The molecule has 1 aromatic carbocycles. The highest BCUT2D eigenvalue weighted by Crippen LogP contribution is 2.26. The monoisotopic (exact) mass is 323 g/mol. The number of carbonyl (C=O) groups is 1. The molecule has 0 heterocycles. The Kier molecular flexibility index (Phi) is 5.90. The molecular formula is C16H22BrNO. The van der Waals surface area contributed by atoms with Gasteiger partial charge in [0.1, 0.15) is 0 Å². The zero-order valence-electron chi connectivity index (χ0n) is 11.3. The molecular weight excluding hydrogens is 302 g/mol. The van der Waals surface area contributed by atoms with Crippen LogP contribution >= 0.6 is 15.9 Å². The average Bonchev–Trinajstić information content (AvgIpc) is 2.86. The summed E-state index contributed by atoms with van der Waals surface area (Å²) < 4.78 is 0. The molecule has 3 heteroatoms. The van der Waals surface area contributed by atoms with Crippen LogP contribution in [0.3, 0.4) is 0 Å². The molecule has 1 N–H and O–H groups in total. The van der Waals surface area contributed by atoms with Gasteiger partial charge in [-0.15, -0.1) is 0 Å².